The molecular formula is C21H24N4O5S. The van der Waals surface area contributed by atoms with E-state index in [0.29, 0.717) is 50.6 Å². The minimum Gasteiger partial charge on any atom is -0.379 e. The van der Waals surface area contributed by atoms with Crippen molar-refractivity contribution >= 4 is 33.3 Å². The van der Waals surface area contributed by atoms with Gasteiger partial charge in [-0.05, 0) is 48.9 Å². The second kappa shape index (κ2) is 8.66. The Morgan fingerprint density at radius 1 is 1.06 bits per heavy atom. The lowest BCUT2D eigenvalue weighted by atomic mass is 10.1. The van der Waals surface area contributed by atoms with Crippen molar-refractivity contribution < 1.29 is 22.7 Å². The van der Waals surface area contributed by atoms with Gasteiger partial charge in [-0.2, -0.15) is 4.31 Å². The third-order valence-corrected chi connectivity index (χ3v) is 7.37. The molecule has 4 rings (SSSR count). The van der Waals surface area contributed by atoms with Crippen molar-refractivity contribution in [2.45, 2.75) is 11.8 Å². The Balaban J connectivity index is 1.51. The lowest BCUT2D eigenvalue weighted by Crippen LogP contribution is -2.40. The fraction of sp³-hybridized carbons (Fsp3) is 0.333. The molecular weight excluding hydrogens is 420 g/mol. The molecule has 9 nitrogen and oxygen atoms in total. The molecule has 2 saturated heterocycles. The largest absolute Gasteiger partial charge is 0.379 e. The molecule has 2 aromatic carbocycles. The molecule has 0 unspecified atom stereocenters. The Bertz CT molecular complexity index is 1100. The van der Waals surface area contributed by atoms with Crippen LogP contribution in [0.1, 0.15) is 15.9 Å². The van der Waals surface area contributed by atoms with Crippen LogP contribution in [0.3, 0.4) is 0 Å². The standard InChI is InChI=1S/C21H24N4O5S/c1-15-2-3-16(14-19(15)31(28,29)24-10-12-30-13-11-24)20(26)23-17-4-6-18(7-5-17)25-9-8-22-21(25)27/h2-7,14H,8-13H2,1H3,(H,22,27)(H,23,26). The summed E-state index contributed by atoms with van der Waals surface area (Å²) < 4.78 is 32.7. The van der Waals surface area contributed by atoms with Crippen LogP contribution in [0.15, 0.2) is 47.4 Å². The number of ether oxygens (including phenoxy) is 1. The molecule has 0 aromatic heterocycles. The van der Waals surface area contributed by atoms with Crippen LogP contribution < -0.4 is 15.5 Å². The summed E-state index contributed by atoms with van der Waals surface area (Å²) in [6.45, 7) is 4.19. The van der Waals surface area contributed by atoms with Crippen molar-refractivity contribution in [1.82, 2.24) is 9.62 Å². The number of anilines is 2. The number of amides is 3. The molecule has 3 amide bonds. The van der Waals surface area contributed by atoms with Gasteiger partial charge in [0.15, 0.2) is 0 Å². The minimum absolute atomic E-state index is 0.123. The molecule has 2 aliphatic rings. The van der Waals surface area contributed by atoms with Crippen molar-refractivity contribution in [3.63, 3.8) is 0 Å². The Labute approximate surface area is 181 Å². The van der Waals surface area contributed by atoms with Crippen molar-refractivity contribution in [3.05, 3.63) is 53.6 Å². The van der Waals surface area contributed by atoms with E-state index < -0.39 is 15.9 Å². The fourth-order valence-corrected chi connectivity index (χ4v) is 5.25. The molecule has 2 N–H and O–H groups in total. The van der Waals surface area contributed by atoms with Crippen molar-refractivity contribution in [3.8, 4) is 0 Å². The van der Waals surface area contributed by atoms with Crippen molar-refractivity contribution in [1.29, 1.82) is 0 Å². The van der Waals surface area contributed by atoms with E-state index in [2.05, 4.69) is 10.6 Å². The lowest BCUT2D eigenvalue weighted by molar-refractivity contribution is 0.0730. The first kappa shape index (κ1) is 21.3. The Kier molecular flexibility index (Phi) is 5.94. The van der Waals surface area contributed by atoms with Crippen LogP contribution in [0, 0.1) is 6.92 Å². The zero-order chi connectivity index (χ0) is 22.0. The second-order valence-corrected chi connectivity index (χ2v) is 9.29. The van der Waals surface area contributed by atoms with Gasteiger partial charge in [-0.3, -0.25) is 9.69 Å². The van der Waals surface area contributed by atoms with Gasteiger partial charge in [0.25, 0.3) is 5.91 Å². The maximum absolute atomic E-state index is 13.0. The number of urea groups is 1. The summed E-state index contributed by atoms with van der Waals surface area (Å²) in [6, 6.07) is 11.4. The van der Waals surface area contributed by atoms with Gasteiger partial charge < -0.3 is 15.4 Å². The molecule has 0 aliphatic carbocycles. The first-order valence-electron chi connectivity index (χ1n) is 10.0. The number of nitrogens with one attached hydrogen (secondary N) is 2. The predicted molar refractivity (Wildman–Crippen MR) is 116 cm³/mol. The predicted octanol–water partition coefficient (Wildman–Crippen LogP) is 1.80. The summed E-state index contributed by atoms with van der Waals surface area (Å²) in [5, 5.41) is 5.52. The van der Waals surface area contributed by atoms with Crippen LogP contribution in [-0.4, -0.2) is 64.1 Å². The summed E-state index contributed by atoms with van der Waals surface area (Å²) >= 11 is 0. The van der Waals surface area contributed by atoms with Gasteiger partial charge in [-0.25, -0.2) is 13.2 Å². The number of aryl methyl sites for hydroxylation is 1. The van der Waals surface area contributed by atoms with Gasteiger partial charge in [0.05, 0.1) is 18.1 Å². The van der Waals surface area contributed by atoms with E-state index in [4.69, 9.17) is 4.74 Å². The van der Waals surface area contributed by atoms with Gasteiger partial charge in [-0.15, -0.1) is 0 Å². The smallest absolute Gasteiger partial charge is 0.321 e. The van der Waals surface area contributed by atoms with Crippen LogP contribution in [0.25, 0.3) is 0 Å². The summed E-state index contributed by atoms with van der Waals surface area (Å²) in [7, 11) is -3.71. The van der Waals surface area contributed by atoms with E-state index in [1.165, 1.54) is 10.4 Å². The Morgan fingerprint density at radius 3 is 2.42 bits per heavy atom. The minimum atomic E-state index is -3.71. The number of rotatable bonds is 5. The maximum Gasteiger partial charge on any atom is 0.321 e. The normalized spacial score (nSPS) is 17.5. The van der Waals surface area contributed by atoms with Crippen LogP contribution in [0.4, 0.5) is 16.2 Å². The lowest BCUT2D eigenvalue weighted by Gasteiger charge is -2.26. The van der Waals surface area contributed by atoms with Gasteiger partial charge in [0, 0.05) is 43.1 Å². The number of nitrogens with zero attached hydrogens (tertiary/aromatic N) is 2. The SMILES string of the molecule is Cc1ccc(C(=O)Nc2ccc(N3CCNC3=O)cc2)cc1S(=O)(=O)N1CCOCC1. The van der Waals surface area contributed by atoms with E-state index in [9.17, 15) is 18.0 Å². The third kappa shape index (κ3) is 4.41. The molecule has 0 radical (unpaired) electrons. The average Bonchev–Trinajstić information content (AvgIpc) is 3.21. The molecule has 0 bridgehead atoms. The number of hydrogen-bond acceptors (Lipinski definition) is 5. The zero-order valence-corrected chi connectivity index (χ0v) is 17.9. The van der Waals surface area contributed by atoms with Gasteiger partial charge in [0.2, 0.25) is 10.0 Å². The highest BCUT2D eigenvalue weighted by molar-refractivity contribution is 7.89. The van der Waals surface area contributed by atoms with E-state index in [-0.39, 0.29) is 16.5 Å². The molecule has 2 fully saturated rings. The summed E-state index contributed by atoms with van der Waals surface area (Å²) in [5.41, 5.74) is 2.12. The van der Waals surface area contributed by atoms with E-state index in [1.54, 1.807) is 48.2 Å². The molecule has 0 spiro atoms. The maximum atomic E-state index is 13.0. The highest BCUT2D eigenvalue weighted by Gasteiger charge is 2.28. The number of carbonyl (C=O) groups is 2. The zero-order valence-electron chi connectivity index (χ0n) is 17.1. The molecule has 2 aliphatic heterocycles. The number of morpholine rings is 1. The Hall–Kier alpha value is -2.95. The van der Waals surface area contributed by atoms with Crippen LogP contribution in [0.5, 0.6) is 0 Å². The van der Waals surface area contributed by atoms with E-state index in [1.807, 2.05) is 0 Å². The number of carbonyl (C=O) groups excluding carboxylic acids is 2. The monoisotopic (exact) mass is 444 g/mol. The first-order chi connectivity index (χ1) is 14.9. The molecule has 0 atom stereocenters. The van der Waals surface area contributed by atoms with Crippen LogP contribution in [0.2, 0.25) is 0 Å². The molecule has 2 heterocycles. The van der Waals surface area contributed by atoms with E-state index >= 15 is 0 Å². The highest BCUT2D eigenvalue weighted by atomic mass is 32.2. The number of hydrogen-bond donors (Lipinski definition) is 2. The van der Waals surface area contributed by atoms with E-state index in [0.717, 1.165) is 5.69 Å². The topological polar surface area (TPSA) is 108 Å². The highest BCUT2D eigenvalue weighted by Crippen LogP contribution is 2.24. The molecule has 10 heteroatoms. The summed E-state index contributed by atoms with van der Waals surface area (Å²) in [4.78, 5) is 26.3. The average molecular weight is 445 g/mol. The van der Waals surface area contributed by atoms with Gasteiger partial charge in [0.1, 0.15) is 0 Å². The molecule has 31 heavy (non-hydrogen) atoms. The van der Waals surface area contributed by atoms with Crippen LogP contribution >= 0.6 is 0 Å². The molecule has 2 aromatic rings. The second-order valence-electron chi connectivity index (χ2n) is 7.38. The molecule has 164 valence electrons. The van der Waals surface area contributed by atoms with Crippen molar-refractivity contribution in [2.75, 3.05) is 49.6 Å². The fourth-order valence-electron chi connectivity index (χ4n) is 3.59. The summed E-state index contributed by atoms with van der Waals surface area (Å²) in [6.07, 6.45) is 0. The number of benzene rings is 2. The first-order valence-corrected chi connectivity index (χ1v) is 11.5. The summed E-state index contributed by atoms with van der Waals surface area (Å²) in [5.74, 6) is -0.412. The Morgan fingerprint density at radius 2 is 1.77 bits per heavy atom. The van der Waals surface area contributed by atoms with Gasteiger partial charge in [-0.1, -0.05) is 6.07 Å². The number of sulfonamides is 1. The third-order valence-electron chi connectivity index (χ3n) is 5.33. The van der Waals surface area contributed by atoms with Gasteiger partial charge >= 0.3 is 6.03 Å². The van der Waals surface area contributed by atoms with Crippen LogP contribution in [-0.2, 0) is 14.8 Å². The van der Waals surface area contributed by atoms with Crippen molar-refractivity contribution in [2.24, 2.45) is 0 Å². The molecule has 0 saturated carbocycles. The quantitative estimate of drug-likeness (QED) is 0.731.